The highest BCUT2D eigenvalue weighted by Gasteiger charge is 2.29. The normalized spacial score (nSPS) is 35.6. The number of nitrogens with one attached hydrogen (secondary N) is 1. The molecule has 1 aliphatic heterocycles. The maximum absolute atomic E-state index is 3.78. The largest absolute Gasteiger partial charge is 0.311 e. The van der Waals surface area contributed by atoms with Crippen molar-refractivity contribution in [2.75, 3.05) is 20.1 Å². The molecule has 1 aliphatic carbocycles. The molecule has 0 aromatic carbocycles. The van der Waals surface area contributed by atoms with E-state index >= 15 is 0 Å². The maximum atomic E-state index is 3.78. The minimum Gasteiger partial charge on any atom is -0.311 e. The van der Waals surface area contributed by atoms with Gasteiger partial charge >= 0.3 is 0 Å². The highest BCUT2D eigenvalue weighted by Crippen LogP contribution is 2.28. The summed E-state index contributed by atoms with van der Waals surface area (Å²) in [4.78, 5) is 2.57. The van der Waals surface area contributed by atoms with Crippen molar-refractivity contribution in [2.45, 2.75) is 57.5 Å². The van der Waals surface area contributed by atoms with Crippen LogP contribution in [0.5, 0.6) is 0 Å². The minimum absolute atomic E-state index is 0.768. The summed E-state index contributed by atoms with van der Waals surface area (Å²) in [7, 11) is 2.30. The second kappa shape index (κ2) is 5.31. The fourth-order valence-electron chi connectivity index (χ4n) is 3.28. The number of hydrogen-bond donors (Lipinski definition) is 1. The molecule has 2 nitrogen and oxygen atoms in total. The molecule has 2 atom stereocenters. The summed E-state index contributed by atoms with van der Waals surface area (Å²) in [5.41, 5.74) is 0. The molecule has 2 aliphatic rings. The van der Waals surface area contributed by atoms with Crippen LogP contribution in [0.15, 0.2) is 0 Å². The second-order valence-electron chi connectivity index (χ2n) is 5.41. The van der Waals surface area contributed by atoms with E-state index in [0.717, 1.165) is 18.0 Å². The molecule has 15 heavy (non-hydrogen) atoms. The zero-order valence-corrected chi connectivity index (χ0v) is 10.3. The molecule has 0 radical (unpaired) electrons. The monoisotopic (exact) mass is 210 g/mol. The van der Waals surface area contributed by atoms with E-state index in [1.165, 1.54) is 51.6 Å². The molecule has 0 bridgehead atoms. The standard InChI is InChI=1S/C13H26N2/c1-3-12-9-14-13(10-15(12)2)11-7-5-4-6-8-11/h11-14H,3-10H2,1-2H3. The van der Waals surface area contributed by atoms with Crippen LogP contribution in [-0.4, -0.2) is 37.1 Å². The van der Waals surface area contributed by atoms with Crippen molar-refractivity contribution in [1.82, 2.24) is 10.2 Å². The van der Waals surface area contributed by atoms with Crippen molar-refractivity contribution in [3.05, 3.63) is 0 Å². The van der Waals surface area contributed by atoms with E-state index in [2.05, 4.69) is 24.2 Å². The van der Waals surface area contributed by atoms with Gasteiger partial charge in [0.05, 0.1) is 0 Å². The summed E-state index contributed by atoms with van der Waals surface area (Å²) in [6, 6.07) is 1.54. The Bertz CT molecular complexity index is 187. The van der Waals surface area contributed by atoms with Crippen LogP contribution >= 0.6 is 0 Å². The van der Waals surface area contributed by atoms with Crippen LogP contribution in [0.25, 0.3) is 0 Å². The van der Waals surface area contributed by atoms with Crippen LogP contribution in [0.3, 0.4) is 0 Å². The molecule has 0 amide bonds. The second-order valence-corrected chi connectivity index (χ2v) is 5.41. The summed E-state index contributed by atoms with van der Waals surface area (Å²) in [5.74, 6) is 0.957. The van der Waals surface area contributed by atoms with E-state index in [1.54, 1.807) is 0 Å². The van der Waals surface area contributed by atoms with Crippen LogP contribution in [0.1, 0.15) is 45.4 Å². The number of nitrogens with zero attached hydrogens (tertiary/aromatic N) is 1. The summed E-state index contributed by atoms with van der Waals surface area (Å²) < 4.78 is 0. The Morgan fingerprint density at radius 3 is 2.53 bits per heavy atom. The van der Waals surface area contributed by atoms with Gasteiger partial charge in [-0.3, -0.25) is 0 Å². The lowest BCUT2D eigenvalue weighted by Crippen LogP contribution is -2.57. The van der Waals surface area contributed by atoms with Gasteiger partial charge in [-0.2, -0.15) is 0 Å². The predicted molar refractivity (Wildman–Crippen MR) is 65.1 cm³/mol. The Morgan fingerprint density at radius 2 is 1.93 bits per heavy atom. The van der Waals surface area contributed by atoms with E-state index < -0.39 is 0 Å². The lowest BCUT2D eigenvalue weighted by Gasteiger charge is -2.42. The Hall–Kier alpha value is -0.0800. The van der Waals surface area contributed by atoms with Gasteiger partial charge in [-0.1, -0.05) is 26.2 Å². The Morgan fingerprint density at radius 1 is 1.20 bits per heavy atom. The summed E-state index contributed by atoms with van der Waals surface area (Å²) in [6.45, 7) is 4.77. The van der Waals surface area contributed by atoms with Crippen LogP contribution in [-0.2, 0) is 0 Å². The topological polar surface area (TPSA) is 15.3 Å². The van der Waals surface area contributed by atoms with Gasteiger partial charge in [-0.15, -0.1) is 0 Å². The molecule has 2 unspecified atom stereocenters. The molecular formula is C13H26N2. The lowest BCUT2D eigenvalue weighted by molar-refractivity contribution is 0.117. The molecule has 1 N–H and O–H groups in total. The third kappa shape index (κ3) is 2.73. The molecule has 1 saturated carbocycles. The quantitative estimate of drug-likeness (QED) is 0.752. The predicted octanol–water partition coefficient (Wildman–Crippen LogP) is 2.25. The van der Waals surface area contributed by atoms with E-state index in [9.17, 15) is 0 Å². The highest BCUT2D eigenvalue weighted by atomic mass is 15.2. The Balaban J connectivity index is 1.84. The zero-order chi connectivity index (χ0) is 10.7. The molecule has 0 aromatic heterocycles. The van der Waals surface area contributed by atoms with E-state index in [-0.39, 0.29) is 0 Å². The zero-order valence-electron chi connectivity index (χ0n) is 10.3. The third-order valence-corrected chi connectivity index (χ3v) is 4.41. The smallest absolute Gasteiger partial charge is 0.0223 e. The van der Waals surface area contributed by atoms with Crippen molar-refractivity contribution < 1.29 is 0 Å². The van der Waals surface area contributed by atoms with E-state index in [0.29, 0.717) is 0 Å². The first-order valence-corrected chi connectivity index (χ1v) is 6.75. The van der Waals surface area contributed by atoms with Crippen molar-refractivity contribution in [2.24, 2.45) is 5.92 Å². The van der Waals surface area contributed by atoms with Crippen molar-refractivity contribution >= 4 is 0 Å². The lowest BCUT2D eigenvalue weighted by atomic mass is 9.82. The van der Waals surface area contributed by atoms with Crippen molar-refractivity contribution in [1.29, 1.82) is 0 Å². The molecule has 2 heteroatoms. The average molecular weight is 210 g/mol. The molecule has 2 fully saturated rings. The molecule has 1 heterocycles. The fourth-order valence-corrected chi connectivity index (χ4v) is 3.28. The van der Waals surface area contributed by atoms with Crippen molar-refractivity contribution in [3.8, 4) is 0 Å². The van der Waals surface area contributed by atoms with E-state index in [1.807, 2.05) is 0 Å². The Labute approximate surface area is 94.4 Å². The fraction of sp³-hybridized carbons (Fsp3) is 1.00. The Kier molecular flexibility index (Phi) is 4.04. The SMILES string of the molecule is CCC1CNC(C2CCCCC2)CN1C. The van der Waals surface area contributed by atoms with E-state index in [4.69, 9.17) is 0 Å². The first-order chi connectivity index (χ1) is 7.31. The number of rotatable bonds is 2. The van der Waals surface area contributed by atoms with Crippen LogP contribution in [0.2, 0.25) is 0 Å². The average Bonchev–Trinajstić information content (AvgIpc) is 2.30. The van der Waals surface area contributed by atoms with Crippen molar-refractivity contribution in [3.63, 3.8) is 0 Å². The van der Waals surface area contributed by atoms with Gasteiger partial charge in [0.25, 0.3) is 0 Å². The summed E-state index contributed by atoms with van der Waals surface area (Å²) >= 11 is 0. The molecule has 1 saturated heterocycles. The molecule has 0 aromatic rings. The van der Waals surface area contributed by atoms with Gasteiger partial charge in [0.1, 0.15) is 0 Å². The maximum Gasteiger partial charge on any atom is 0.0223 e. The highest BCUT2D eigenvalue weighted by molar-refractivity contribution is 4.88. The molecule has 88 valence electrons. The number of likely N-dealkylation sites (N-methyl/N-ethyl adjacent to an activating group) is 1. The van der Waals surface area contributed by atoms with Gasteiger partial charge in [-0.25, -0.2) is 0 Å². The summed E-state index contributed by atoms with van der Waals surface area (Å²) in [6.07, 6.45) is 8.59. The van der Waals surface area contributed by atoms with Gasteiger partial charge in [0.2, 0.25) is 0 Å². The number of piperazine rings is 1. The third-order valence-electron chi connectivity index (χ3n) is 4.41. The van der Waals surface area contributed by atoms with Gasteiger partial charge in [0, 0.05) is 25.2 Å². The first-order valence-electron chi connectivity index (χ1n) is 6.75. The van der Waals surface area contributed by atoms with Gasteiger partial charge in [0.15, 0.2) is 0 Å². The number of hydrogen-bond acceptors (Lipinski definition) is 2. The summed E-state index contributed by atoms with van der Waals surface area (Å²) in [5, 5.41) is 3.78. The molecular weight excluding hydrogens is 184 g/mol. The molecule has 2 rings (SSSR count). The van der Waals surface area contributed by atoms with Crippen LogP contribution in [0, 0.1) is 5.92 Å². The first kappa shape index (κ1) is 11.4. The van der Waals surface area contributed by atoms with Gasteiger partial charge in [-0.05, 0) is 32.2 Å². The molecule has 0 spiro atoms. The van der Waals surface area contributed by atoms with Crippen LogP contribution < -0.4 is 5.32 Å². The van der Waals surface area contributed by atoms with Gasteiger partial charge < -0.3 is 10.2 Å². The minimum atomic E-state index is 0.768. The van der Waals surface area contributed by atoms with Crippen LogP contribution in [0.4, 0.5) is 0 Å².